The summed E-state index contributed by atoms with van der Waals surface area (Å²) in [4.78, 5) is 7.45. The molecule has 7 nitrogen and oxygen atoms in total. The highest BCUT2D eigenvalue weighted by Crippen LogP contribution is 2.47. The van der Waals surface area contributed by atoms with Crippen molar-refractivity contribution in [2.45, 2.75) is 51.0 Å². The molecule has 162 valence electrons. The topological polar surface area (TPSA) is 79.9 Å². The highest BCUT2D eigenvalue weighted by atomic mass is 127. The molecule has 1 aliphatic carbocycles. The largest absolute Gasteiger partial charge is 0.377 e. The van der Waals surface area contributed by atoms with E-state index in [1.807, 2.05) is 11.4 Å². The van der Waals surface area contributed by atoms with Gasteiger partial charge in [-0.3, -0.25) is 0 Å². The first-order chi connectivity index (χ1) is 15.1. The van der Waals surface area contributed by atoms with Crippen LogP contribution in [0.15, 0.2) is 12.1 Å². The summed E-state index contributed by atoms with van der Waals surface area (Å²) in [6.07, 6.45) is 4.48. The van der Waals surface area contributed by atoms with Crippen LogP contribution in [-0.2, 0) is 10.2 Å². The lowest BCUT2D eigenvalue weighted by atomic mass is 9.80. The summed E-state index contributed by atoms with van der Waals surface area (Å²) in [5.41, 5.74) is 4.40. The predicted octanol–water partition coefficient (Wildman–Crippen LogP) is 5.22. The quantitative estimate of drug-likeness (QED) is 0.319. The minimum Gasteiger partial charge on any atom is -0.377 e. The zero-order valence-corrected chi connectivity index (χ0v) is 21.5. The number of hydrogen-bond donors (Lipinski definition) is 0. The van der Waals surface area contributed by atoms with Crippen molar-refractivity contribution in [2.24, 2.45) is 0 Å². The van der Waals surface area contributed by atoms with E-state index in [4.69, 9.17) is 14.1 Å². The fraction of sp³-hybridized carbons (Fsp3) is 0.524. The standard InChI is InChI=1S/C21H24IN6OPS/c1-13-9-16(28(25-13)30-22)18-19-20(31-26-18)15(21(12-23)5-3-4-6-21)10-17(24-19)27-7-8-29-11-14(27)2/h9-10,14,30H,3-8,11H2,1-2H3/t14-/m1/s1. The van der Waals surface area contributed by atoms with Gasteiger partial charge in [-0.1, -0.05) is 12.8 Å². The lowest BCUT2D eigenvalue weighted by Gasteiger charge is -2.35. The Hall–Kier alpha value is -1.34. The van der Waals surface area contributed by atoms with Crippen LogP contribution in [0.3, 0.4) is 0 Å². The number of nitriles is 1. The molecule has 3 aromatic rings. The third-order valence-electron chi connectivity index (χ3n) is 6.41. The molecule has 3 aromatic heterocycles. The number of fused-ring (bicyclic) bond motifs is 1. The number of morpholine rings is 1. The van der Waals surface area contributed by atoms with Crippen LogP contribution in [0.1, 0.15) is 43.9 Å². The number of aromatic nitrogens is 4. The van der Waals surface area contributed by atoms with Crippen molar-refractivity contribution in [3.63, 3.8) is 0 Å². The van der Waals surface area contributed by atoms with Crippen LogP contribution >= 0.6 is 39.9 Å². The van der Waals surface area contributed by atoms with E-state index in [0.717, 1.165) is 70.9 Å². The molecule has 2 fully saturated rings. The van der Waals surface area contributed by atoms with Crippen LogP contribution in [0.25, 0.3) is 21.6 Å². The van der Waals surface area contributed by atoms with Gasteiger partial charge in [0.25, 0.3) is 0 Å². The number of anilines is 1. The second-order valence-electron chi connectivity index (χ2n) is 8.42. The minimum atomic E-state index is -0.448. The Kier molecular flexibility index (Phi) is 5.93. The molecular formula is C21H24IN6OPS. The zero-order valence-electron chi connectivity index (χ0n) is 17.6. The molecule has 0 aromatic carbocycles. The van der Waals surface area contributed by atoms with Crippen molar-refractivity contribution in [1.29, 1.82) is 5.26 Å². The number of ether oxygens (including phenoxy) is 1. The van der Waals surface area contributed by atoms with Crippen molar-refractivity contribution >= 4 is 56.0 Å². The summed E-state index contributed by atoms with van der Waals surface area (Å²) in [5, 5.41) is 14.9. The van der Waals surface area contributed by atoms with Crippen LogP contribution in [0.4, 0.5) is 5.82 Å². The van der Waals surface area contributed by atoms with Crippen molar-refractivity contribution in [3.05, 3.63) is 23.4 Å². The fourth-order valence-corrected chi connectivity index (χ4v) is 7.30. The molecule has 2 atom stereocenters. The average molecular weight is 566 g/mol. The van der Waals surface area contributed by atoms with Crippen molar-refractivity contribution < 1.29 is 4.74 Å². The van der Waals surface area contributed by atoms with Gasteiger partial charge in [0.15, 0.2) is 0 Å². The smallest absolute Gasteiger partial charge is 0.130 e. The highest BCUT2D eigenvalue weighted by Gasteiger charge is 2.39. The van der Waals surface area contributed by atoms with E-state index < -0.39 is 5.41 Å². The van der Waals surface area contributed by atoms with Crippen molar-refractivity contribution in [2.75, 3.05) is 24.7 Å². The molecule has 2 aliphatic rings. The first-order valence-electron chi connectivity index (χ1n) is 10.6. The summed E-state index contributed by atoms with van der Waals surface area (Å²) < 4.78 is 13.6. The fourth-order valence-electron chi connectivity index (χ4n) is 4.80. The van der Waals surface area contributed by atoms with E-state index in [2.05, 4.69) is 57.2 Å². The Morgan fingerprint density at radius 3 is 2.87 bits per heavy atom. The summed E-state index contributed by atoms with van der Waals surface area (Å²) >= 11 is 3.82. The van der Waals surface area contributed by atoms with Gasteiger partial charge in [-0.25, -0.2) is 9.44 Å². The van der Waals surface area contributed by atoms with Gasteiger partial charge < -0.3 is 9.64 Å². The Bertz CT molecular complexity index is 1160. The maximum absolute atomic E-state index is 10.3. The molecule has 1 saturated heterocycles. The van der Waals surface area contributed by atoms with Crippen LogP contribution in [-0.4, -0.2) is 44.7 Å². The molecule has 0 radical (unpaired) electrons. The monoisotopic (exact) mass is 566 g/mol. The summed E-state index contributed by atoms with van der Waals surface area (Å²) in [5.74, 6) is 0.931. The second-order valence-corrected chi connectivity index (χ2v) is 11.2. The molecule has 4 heterocycles. The Labute approximate surface area is 200 Å². The summed E-state index contributed by atoms with van der Waals surface area (Å²) in [6.45, 7) is 6.36. The number of rotatable bonds is 4. The molecule has 1 saturated carbocycles. The maximum Gasteiger partial charge on any atom is 0.130 e. The van der Waals surface area contributed by atoms with E-state index in [-0.39, 0.29) is 6.04 Å². The van der Waals surface area contributed by atoms with Gasteiger partial charge in [0.1, 0.15) is 17.0 Å². The van der Waals surface area contributed by atoms with Gasteiger partial charge in [-0.2, -0.15) is 14.7 Å². The Morgan fingerprint density at radius 1 is 1.35 bits per heavy atom. The van der Waals surface area contributed by atoms with Crippen molar-refractivity contribution in [3.8, 4) is 17.5 Å². The Balaban J connectivity index is 1.76. The van der Waals surface area contributed by atoms with Gasteiger partial charge in [0.05, 0.1) is 53.2 Å². The summed E-state index contributed by atoms with van der Waals surface area (Å²) in [7, 11) is 0. The van der Waals surface area contributed by atoms with Gasteiger partial charge in [0.2, 0.25) is 0 Å². The first kappa shape index (κ1) is 21.5. The van der Waals surface area contributed by atoms with Gasteiger partial charge >= 0.3 is 0 Å². The summed E-state index contributed by atoms with van der Waals surface area (Å²) in [6, 6.07) is 7.19. The van der Waals surface area contributed by atoms with Gasteiger partial charge in [-0.15, -0.1) is 0 Å². The minimum absolute atomic E-state index is 0.242. The molecule has 1 aliphatic heterocycles. The molecule has 10 heteroatoms. The highest BCUT2D eigenvalue weighted by molar-refractivity contribution is 14.2. The van der Waals surface area contributed by atoms with E-state index in [9.17, 15) is 5.26 Å². The van der Waals surface area contributed by atoms with E-state index in [1.54, 1.807) is 0 Å². The number of hydrogen-bond acceptors (Lipinski definition) is 7. The SMILES string of the molecule is Cc1cc(-c2nsc3c(C4(C#N)CCCC4)cc(N4CCOC[C@H]4C)nc23)n(PI)n1. The van der Waals surface area contributed by atoms with Crippen LogP contribution in [0.5, 0.6) is 0 Å². The average Bonchev–Trinajstić information content (AvgIpc) is 3.51. The molecule has 0 bridgehead atoms. The normalized spacial score (nSPS) is 21.4. The zero-order chi connectivity index (χ0) is 21.6. The Morgan fingerprint density at radius 2 is 2.16 bits per heavy atom. The lowest BCUT2D eigenvalue weighted by Crippen LogP contribution is -2.44. The molecule has 31 heavy (non-hydrogen) atoms. The first-order valence-corrected chi connectivity index (χ1v) is 15.4. The third kappa shape index (κ3) is 3.65. The predicted molar refractivity (Wildman–Crippen MR) is 134 cm³/mol. The third-order valence-corrected chi connectivity index (χ3v) is 9.16. The number of halogens is 1. The van der Waals surface area contributed by atoms with Crippen molar-refractivity contribution in [1.82, 2.24) is 18.9 Å². The molecule has 0 spiro atoms. The maximum atomic E-state index is 10.3. The molecule has 0 N–H and O–H groups in total. The van der Waals surface area contributed by atoms with Gasteiger partial charge in [0, 0.05) is 6.54 Å². The van der Waals surface area contributed by atoms with Crippen LogP contribution in [0.2, 0.25) is 0 Å². The number of pyridine rings is 1. The van der Waals surface area contributed by atoms with E-state index in [1.165, 1.54) is 11.5 Å². The van der Waals surface area contributed by atoms with E-state index in [0.29, 0.717) is 19.6 Å². The number of aryl methyl sites for hydroxylation is 1. The second kappa shape index (κ2) is 8.54. The van der Waals surface area contributed by atoms with E-state index >= 15 is 0 Å². The lowest BCUT2D eigenvalue weighted by molar-refractivity contribution is 0.0985. The van der Waals surface area contributed by atoms with Crippen LogP contribution < -0.4 is 4.90 Å². The van der Waals surface area contributed by atoms with Gasteiger partial charge in [-0.05, 0) is 78.0 Å². The van der Waals surface area contributed by atoms with Crippen LogP contribution in [0, 0.1) is 18.3 Å². The number of nitrogens with zero attached hydrogens (tertiary/aromatic N) is 6. The molecule has 0 amide bonds. The molecule has 5 rings (SSSR count). The molecule has 1 unspecified atom stereocenters. The molecular weight excluding hydrogens is 542 g/mol.